The van der Waals surface area contributed by atoms with Gasteiger partial charge in [-0.15, -0.1) is 12.4 Å². The molecule has 2 heterocycles. The number of rotatable bonds is 3. The fourth-order valence-electron chi connectivity index (χ4n) is 2.63. The third-order valence-electron chi connectivity index (χ3n) is 3.72. The minimum absolute atomic E-state index is 0. The van der Waals surface area contributed by atoms with E-state index in [2.05, 4.69) is 10.2 Å². The van der Waals surface area contributed by atoms with Gasteiger partial charge in [-0.1, -0.05) is 6.92 Å². The van der Waals surface area contributed by atoms with Crippen LogP contribution < -0.4 is 5.73 Å². The molecule has 1 aliphatic heterocycles. The normalized spacial score (nSPS) is 18.6. The summed E-state index contributed by atoms with van der Waals surface area (Å²) in [5.41, 5.74) is 8.03. The van der Waals surface area contributed by atoms with Crippen molar-refractivity contribution >= 4 is 18.3 Å². The summed E-state index contributed by atoms with van der Waals surface area (Å²) in [6, 6.07) is 2.01. The summed E-state index contributed by atoms with van der Waals surface area (Å²) in [7, 11) is 0. The van der Waals surface area contributed by atoms with Crippen molar-refractivity contribution in [1.82, 2.24) is 15.1 Å². The monoisotopic (exact) mass is 298 g/mol. The van der Waals surface area contributed by atoms with Crippen molar-refractivity contribution in [2.75, 3.05) is 13.1 Å². The molecule has 1 amide bonds. The van der Waals surface area contributed by atoms with Gasteiger partial charge in [-0.05, 0) is 38.7 Å². The highest BCUT2D eigenvalue weighted by Crippen LogP contribution is 2.20. The highest BCUT2D eigenvalue weighted by Gasteiger charge is 2.28. The van der Waals surface area contributed by atoms with Gasteiger partial charge in [0.15, 0.2) is 0 Å². The van der Waals surface area contributed by atoms with Crippen molar-refractivity contribution < 1.29 is 4.79 Å². The molecule has 112 valence electrons. The van der Waals surface area contributed by atoms with Crippen LogP contribution in [0.4, 0.5) is 0 Å². The van der Waals surface area contributed by atoms with E-state index >= 15 is 0 Å². The van der Waals surface area contributed by atoms with E-state index < -0.39 is 0 Å². The molecule has 1 aromatic rings. The Balaban J connectivity index is 0.00000200. The minimum atomic E-state index is 0. The van der Waals surface area contributed by atoms with E-state index in [1.54, 1.807) is 0 Å². The average Bonchev–Trinajstić information content (AvgIpc) is 2.46. The molecular formula is C14H23ClN4O. The summed E-state index contributed by atoms with van der Waals surface area (Å²) in [5.74, 6) is 0.0602. The summed E-state index contributed by atoms with van der Waals surface area (Å²) < 4.78 is 0. The second-order valence-corrected chi connectivity index (χ2v) is 5.08. The van der Waals surface area contributed by atoms with Crippen molar-refractivity contribution in [3.05, 3.63) is 23.0 Å². The topological polar surface area (TPSA) is 72.1 Å². The highest BCUT2D eigenvalue weighted by atomic mass is 35.5. The van der Waals surface area contributed by atoms with E-state index in [0.29, 0.717) is 12.1 Å². The molecule has 0 spiro atoms. The maximum atomic E-state index is 12.7. The Morgan fingerprint density at radius 2 is 2.20 bits per heavy atom. The number of aromatic nitrogens is 2. The fourth-order valence-corrected chi connectivity index (χ4v) is 2.63. The van der Waals surface area contributed by atoms with Crippen LogP contribution in [0.5, 0.6) is 0 Å². The van der Waals surface area contributed by atoms with Gasteiger partial charge in [0.1, 0.15) is 0 Å². The zero-order valence-corrected chi connectivity index (χ0v) is 12.9. The molecule has 1 aliphatic rings. The van der Waals surface area contributed by atoms with Gasteiger partial charge in [0.05, 0.1) is 17.0 Å². The number of likely N-dealkylation sites (tertiary alicyclic amines) is 1. The number of piperidine rings is 1. The number of hydrogen-bond donors (Lipinski definition) is 1. The fraction of sp³-hybridized carbons (Fsp3) is 0.643. The Hall–Kier alpha value is -1.20. The quantitative estimate of drug-likeness (QED) is 0.922. The van der Waals surface area contributed by atoms with E-state index in [1.807, 2.05) is 24.8 Å². The smallest absolute Gasteiger partial charge is 0.256 e. The maximum Gasteiger partial charge on any atom is 0.256 e. The Morgan fingerprint density at radius 3 is 2.85 bits per heavy atom. The van der Waals surface area contributed by atoms with Crippen LogP contribution in [-0.2, 0) is 6.42 Å². The highest BCUT2D eigenvalue weighted by molar-refractivity contribution is 5.95. The molecule has 1 fully saturated rings. The standard InChI is InChI=1S/C14H22N4O.ClH/c1-3-13-12(8-10(2)16-17-13)14(19)18-7-5-4-6-11(18)9-15;/h8,11H,3-7,9,15H2,1-2H3;1H. The summed E-state index contributed by atoms with van der Waals surface area (Å²) >= 11 is 0. The molecule has 0 aromatic carbocycles. The molecule has 1 unspecified atom stereocenters. The first-order valence-corrected chi connectivity index (χ1v) is 7.01. The third kappa shape index (κ3) is 3.46. The summed E-state index contributed by atoms with van der Waals surface area (Å²) in [6.45, 7) is 5.18. The number of nitrogens with zero attached hydrogens (tertiary/aromatic N) is 3. The molecule has 20 heavy (non-hydrogen) atoms. The van der Waals surface area contributed by atoms with Gasteiger partial charge >= 0.3 is 0 Å². The SMILES string of the molecule is CCc1nnc(C)cc1C(=O)N1CCCCC1CN.Cl. The first-order valence-electron chi connectivity index (χ1n) is 7.01. The minimum Gasteiger partial charge on any atom is -0.334 e. The Kier molecular flexibility index (Phi) is 6.36. The van der Waals surface area contributed by atoms with E-state index in [-0.39, 0.29) is 24.4 Å². The summed E-state index contributed by atoms with van der Waals surface area (Å²) in [5, 5.41) is 8.17. The largest absolute Gasteiger partial charge is 0.334 e. The van der Waals surface area contributed by atoms with Crippen LogP contribution in [0.1, 0.15) is 47.9 Å². The van der Waals surface area contributed by atoms with Crippen molar-refractivity contribution in [3.63, 3.8) is 0 Å². The molecule has 1 atom stereocenters. The zero-order chi connectivity index (χ0) is 13.8. The molecule has 0 bridgehead atoms. The number of hydrogen-bond acceptors (Lipinski definition) is 4. The molecule has 0 aliphatic carbocycles. The Bertz CT molecular complexity index is 466. The predicted molar refractivity (Wildman–Crippen MR) is 81.1 cm³/mol. The van der Waals surface area contributed by atoms with E-state index in [9.17, 15) is 4.79 Å². The lowest BCUT2D eigenvalue weighted by Crippen LogP contribution is -2.47. The van der Waals surface area contributed by atoms with Crippen LogP contribution in [0.2, 0.25) is 0 Å². The first kappa shape index (κ1) is 16.9. The van der Waals surface area contributed by atoms with Crippen molar-refractivity contribution in [2.24, 2.45) is 5.73 Å². The molecule has 1 saturated heterocycles. The van der Waals surface area contributed by atoms with Gasteiger partial charge in [0.25, 0.3) is 5.91 Å². The molecule has 0 radical (unpaired) electrons. The third-order valence-corrected chi connectivity index (χ3v) is 3.72. The Labute approximate surface area is 126 Å². The van der Waals surface area contributed by atoms with Crippen molar-refractivity contribution in [3.8, 4) is 0 Å². The average molecular weight is 299 g/mol. The van der Waals surface area contributed by atoms with E-state index in [0.717, 1.165) is 43.6 Å². The molecule has 6 heteroatoms. The van der Waals surface area contributed by atoms with Gasteiger partial charge in [0, 0.05) is 19.1 Å². The maximum absolute atomic E-state index is 12.7. The molecule has 2 rings (SSSR count). The van der Waals surface area contributed by atoms with Gasteiger partial charge in [0.2, 0.25) is 0 Å². The van der Waals surface area contributed by atoms with Gasteiger partial charge in [-0.2, -0.15) is 10.2 Å². The van der Waals surface area contributed by atoms with Crippen LogP contribution in [0.25, 0.3) is 0 Å². The van der Waals surface area contributed by atoms with Crippen LogP contribution in [0.3, 0.4) is 0 Å². The van der Waals surface area contributed by atoms with E-state index in [4.69, 9.17) is 5.73 Å². The van der Waals surface area contributed by atoms with Gasteiger partial charge in [-0.25, -0.2) is 0 Å². The van der Waals surface area contributed by atoms with E-state index in [1.165, 1.54) is 0 Å². The number of carbonyl (C=O) groups is 1. The van der Waals surface area contributed by atoms with Crippen molar-refractivity contribution in [1.29, 1.82) is 0 Å². The summed E-state index contributed by atoms with van der Waals surface area (Å²) in [6.07, 6.45) is 3.93. The number of carbonyl (C=O) groups excluding carboxylic acids is 1. The lowest BCUT2D eigenvalue weighted by atomic mass is 10.00. The number of amides is 1. The number of halogens is 1. The summed E-state index contributed by atoms with van der Waals surface area (Å²) in [4.78, 5) is 14.6. The van der Waals surface area contributed by atoms with Gasteiger partial charge < -0.3 is 10.6 Å². The number of aryl methyl sites for hydroxylation is 2. The van der Waals surface area contributed by atoms with Crippen LogP contribution >= 0.6 is 12.4 Å². The predicted octanol–water partition coefficient (Wildman–Crippen LogP) is 1.72. The molecule has 1 aromatic heterocycles. The molecule has 0 saturated carbocycles. The second kappa shape index (κ2) is 7.55. The lowest BCUT2D eigenvalue weighted by molar-refractivity contribution is 0.0621. The van der Waals surface area contributed by atoms with Crippen molar-refractivity contribution in [2.45, 2.75) is 45.6 Å². The van der Waals surface area contributed by atoms with Crippen LogP contribution in [0.15, 0.2) is 6.07 Å². The molecular weight excluding hydrogens is 276 g/mol. The van der Waals surface area contributed by atoms with Crippen LogP contribution in [-0.4, -0.2) is 40.1 Å². The molecule has 2 N–H and O–H groups in total. The zero-order valence-electron chi connectivity index (χ0n) is 12.1. The second-order valence-electron chi connectivity index (χ2n) is 5.08. The first-order chi connectivity index (χ1) is 9.17. The van der Waals surface area contributed by atoms with Gasteiger partial charge in [-0.3, -0.25) is 4.79 Å². The molecule has 5 nitrogen and oxygen atoms in total. The Morgan fingerprint density at radius 1 is 1.45 bits per heavy atom. The lowest BCUT2D eigenvalue weighted by Gasteiger charge is -2.35. The van der Waals surface area contributed by atoms with Crippen LogP contribution in [0, 0.1) is 6.92 Å². The number of nitrogens with two attached hydrogens (primary N) is 1.